The van der Waals surface area contributed by atoms with Gasteiger partial charge in [-0.3, -0.25) is 9.59 Å². The molecule has 3 rings (SSSR count). The Hall–Kier alpha value is -2.76. The van der Waals surface area contributed by atoms with Gasteiger partial charge in [-0.1, -0.05) is 12.1 Å². The minimum atomic E-state index is -0.544. The number of nitrogens with zero attached hydrogens (tertiary/aromatic N) is 2. The van der Waals surface area contributed by atoms with Crippen molar-refractivity contribution in [3.8, 4) is 0 Å². The number of Topliss-reactive ketones (excluding diaryl/α,β-unsaturated/α-hetero) is 1. The Balaban J connectivity index is 1.76. The van der Waals surface area contributed by atoms with Crippen molar-refractivity contribution in [2.24, 2.45) is 0 Å². The van der Waals surface area contributed by atoms with Crippen LogP contribution >= 0.6 is 0 Å². The summed E-state index contributed by atoms with van der Waals surface area (Å²) in [6.07, 6.45) is 0. The molecule has 1 aliphatic rings. The Morgan fingerprint density at radius 1 is 1.04 bits per heavy atom. The van der Waals surface area contributed by atoms with Crippen molar-refractivity contribution in [3.63, 3.8) is 0 Å². The van der Waals surface area contributed by atoms with Crippen LogP contribution in [0.1, 0.15) is 34.6 Å². The van der Waals surface area contributed by atoms with Gasteiger partial charge in [0.15, 0.2) is 5.78 Å². The molecule has 26 heavy (non-hydrogen) atoms. The van der Waals surface area contributed by atoms with E-state index in [1.54, 1.807) is 29.2 Å². The van der Waals surface area contributed by atoms with Crippen molar-refractivity contribution < 1.29 is 18.4 Å². The van der Waals surface area contributed by atoms with Gasteiger partial charge in [0.1, 0.15) is 11.6 Å². The second-order valence-electron chi connectivity index (χ2n) is 6.50. The lowest BCUT2D eigenvalue weighted by Crippen LogP contribution is -2.54. The van der Waals surface area contributed by atoms with E-state index in [1.165, 1.54) is 25.1 Å². The van der Waals surface area contributed by atoms with Crippen molar-refractivity contribution in [2.45, 2.75) is 19.9 Å². The lowest BCUT2D eigenvalue weighted by Gasteiger charge is -2.41. The molecule has 0 spiro atoms. The molecule has 2 aromatic rings. The Morgan fingerprint density at radius 3 is 2.38 bits per heavy atom. The standard InChI is InChI=1S/C20H20F2N2O2/c1-13-12-23(19-8-7-15(14(2)25)11-18(19)22)9-10-24(13)20(26)16-5-3-4-6-17(16)21/h3-8,11,13H,9-10,12H2,1-2H3/t13-/m0/s1. The van der Waals surface area contributed by atoms with Crippen LogP contribution in [0, 0.1) is 11.6 Å². The number of benzene rings is 2. The van der Waals surface area contributed by atoms with Crippen LogP contribution in [-0.2, 0) is 0 Å². The number of amides is 1. The summed E-state index contributed by atoms with van der Waals surface area (Å²) in [6, 6.07) is 10.1. The number of piperazine rings is 1. The van der Waals surface area contributed by atoms with Crippen LogP contribution in [0.15, 0.2) is 42.5 Å². The zero-order valence-electron chi connectivity index (χ0n) is 14.7. The van der Waals surface area contributed by atoms with Gasteiger partial charge in [-0.15, -0.1) is 0 Å². The summed E-state index contributed by atoms with van der Waals surface area (Å²) < 4.78 is 28.3. The van der Waals surface area contributed by atoms with Crippen LogP contribution in [0.4, 0.5) is 14.5 Å². The lowest BCUT2D eigenvalue weighted by molar-refractivity contribution is 0.0669. The molecular formula is C20H20F2N2O2. The van der Waals surface area contributed by atoms with Gasteiger partial charge < -0.3 is 9.80 Å². The Kier molecular flexibility index (Phi) is 5.02. The maximum Gasteiger partial charge on any atom is 0.257 e. The van der Waals surface area contributed by atoms with Gasteiger partial charge in [0, 0.05) is 31.2 Å². The molecule has 0 aliphatic carbocycles. The zero-order valence-corrected chi connectivity index (χ0v) is 14.7. The summed E-state index contributed by atoms with van der Waals surface area (Å²) in [4.78, 5) is 27.4. The SMILES string of the molecule is CC(=O)c1ccc(N2CCN(C(=O)c3ccccc3F)[C@@H](C)C2)c(F)c1. The molecule has 1 aliphatic heterocycles. The fraction of sp³-hybridized carbons (Fsp3) is 0.300. The van der Waals surface area contributed by atoms with Crippen molar-refractivity contribution in [2.75, 3.05) is 24.5 Å². The lowest BCUT2D eigenvalue weighted by atomic mass is 10.1. The molecule has 0 radical (unpaired) electrons. The number of carbonyl (C=O) groups excluding carboxylic acids is 2. The Labute approximate surface area is 151 Å². The topological polar surface area (TPSA) is 40.6 Å². The normalized spacial score (nSPS) is 17.3. The number of carbonyl (C=O) groups is 2. The molecule has 0 unspecified atom stereocenters. The van der Waals surface area contributed by atoms with Crippen molar-refractivity contribution in [1.82, 2.24) is 4.90 Å². The third kappa shape index (κ3) is 3.45. The maximum absolute atomic E-state index is 14.4. The summed E-state index contributed by atoms with van der Waals surface area (Å²) in [5.41, 5.74) is 0.775. The average molecular weight is 358 g/mol. The quantitative estimate of drug-likeness (QED) is 0.789. The van der Waals surface area contributed by atoms with Crippen LogP contribution in [-0.4, -0.2) is 42.3 Å². The maximum atomic E-state index is 14.4. The van der Waals surface area contributed by atoms with Gasteiger partial charge >= 0.3 is 0 Å². The first kappa shape index (κ1) is 18.0. The summed E-state index contributed by atoms with van der Waals surface area (Å²) in [6.45, 7) is 4.47. The van der Waals surface area contributed by atoms with Crippen LogP contribution < -0.4 is 4.90 Å². The second-order valence-corrected chi connectivity index (χ2v) is 6.50. The van der Waals surface area contributed by atoms with E-state index in [9.17, 15) is 18.4 Å². The first-order valence-electron chi connectivity index (χ1n) is 8.49. The first-order valence-corrected chi connectivity index (χ1v) is 8.49. The number of anilines is 1. The molecule has 0 aromatic heterocycles. The number of ketones is 1. The average Bonchev–Trinajstić information content (AvgIpc) is 2.61. The highest BCUT2D eigenvalue weighted by Gasteiger charge is 2.30. The number of halogens is 2. The second kappa shape index (κ2) is 7.23. The van der Waals surface area contributed by atoms with E-state index < -0.39 is 11.6 Å². The molecule has 1 saturated heterocycles. The summed E-state index contributed by atoms with van der Waals surface area (Å²) in [5.74, 6) is -1.55. The summed E-state index contributed by atoms with van der Waals surface area (Å²) >= 11 is 0. The summed E-state index contributed by atoms with van der Waals surface area (Å²) in [5, 5.41) is 0. The van der Waals surface area contributed by atoms with E-state index in [4.69, 9.17) is 0 Å². The van der Waals surface area contributed by atoms with Crippen molar-refractivity contribution in [1.29, 1.82) is 0 Å². The largest absolute Gasteiger partial charge is 0.365 e. The van der Waals surface area contributed by atoms with Gasteiger partial charge in [-0.05, 0) is 44.2 Å². The highest BCUT2D eigenvalue weighted by molar-refractivity contribution is 5.95. The molecule has 2 aromatic carbocycles. The molecule has 136 valence electrons. The van der Waals surface area contributed by atoms with Crippen LogP contribution in [0.2, 0.25) is 0 Å². The number of hydrogen-bond donors (Lipinski definition) is 0. The smallest absolute Gasteiger partial charge is 0.257 e. The first-order chi connectivity index (χ1) is 12.4. The van der Waals surface area contributed by atoms with Gasteiger partial charge in [0.25, 0.3) is 5.91 Å². The predicted octanol–water partition coefficient (Wildman–Crippen LogP) is 3.52. The van der Waals surface area contributed by atoms with E-state index in [1.807, 2.05) is 11.8 Å². The molecular weight excluding hydrogens is 338 g/mol. The molecule has 1 heterocycles. The molecule has 1 amide bonds. The van der Waals surface area contributed by atoms with E-state index in [-0.39, 0.29) is 23.3 Å². The number of hydrogen-bond acceptors (Lipinski definition) is 3. The van der Waals surface area contributed by atoms with Crippen LogP contribution in [0.5, 0.6) is 0 Å². The fourth-order valence-electron chi connectivity index (χ4n) is 3.25. The summed E-state index contributed by atoms with van der Waals surface area (Å²) in [7, 11) is 0. The van der Waals surface area contributed by atoms with Crippen LogP contribution in [0.25, 0.3) is 0 Å². The minimum Gasteiger partial charge on any atom is -0.365 e. The molecule has 1 fully saturated rings. The molecule has 1 atom stereocenters. The highest BCUT2D eigenvalue weighted by Crippen LogP contribution is 2.25. The van der Waals surface area contributed by atoms with Crippen molar-refractivity contribution >= 4 is 17.4 Å². The van der Waals surface area contributed by atoms with E-state index in [0.717, 1.165) is 0 Å². The van der Waals surface area contributed by atoms with Gasteiger partial charge in [-0.2, -0.15) is 0 Å². The molecule has 4 nitrogen and oxygen atoms in total. The monoisotopic (exact) mass is 358 g/mol. The minimum absolute atomic E-state index is 0.0461. The third-order valence-corrected chi connectivity index (χ3v) is 4.69. The fourth-order valence-corrected chi connectivity index (χ4v) is 3.25. The Morgan fingerprint density at radius 2 is 1.77 bits per heavy atom. The van der Waals surface area contributed by atoms with Crippen molar-refractivity contribution in [3.05, 3.63) is 65.2 Å². The van der Waals surface area contributed by atoms with Gasteiger partial charge in [0.2, 0.25) is 0 Å². The highest BCUT2D eigenvalue weighted by atomic mass is 19.1. The van der Waals surface area contributed by atoms with E-state index in [0.29, 0.717) is 30.9 Å². The van der Waals surface area contributed by atoms with Gasteiger partial charge in [0.05, 0.1) is 11.3 Å². The predicted molar refractivity (Wildman–Crippen MR) is 95.5 cm³/mol. The zero-order chi connectivity index (χ0) is 18.8. The molecule has 0 N–H and O–H groups in total. The number of rotatable bonds is 3. The molecule has 6 heteroatoms. The van der Waals surface area contributed by atoms with Gasteiger partial charge in [-0.25, -0.2) is 8.78 Å². The molecule has 0 saturated carbocycles. The molecule has 0 bridgehead atoms. The third-order valence-electron chi connectivity index (χ3n) is 4.69. The van der Waals surface area contributed by atoms with E-state index >= 15 is 0 Å². The van der Waals surface area contributed by atoms with Crippen LogP contribution in [0.3, 0.4) is 0 Å². The van der Waals surface area contributed by atoms with E-state index in [2.05, 4.69) is 0 Å². The Bertz CT molecular complexity index is 853.